The van der Waals surface area contributed by atoms with Crippen molar-refractivity contribution in [1.82, 2.24) is 9.97 Å². The van der Waals surface area contributed by atoms with E-state index >= 15 is 0 Å². The van der Waals surface area contributed by atoms with E-state index in [2.05, 4.69) is 23.7 Å². The quantitative estimate of drug-likeness (QED) is 0.363. The first-order chi connectivity index (χ1) is 14.9. The third-order valence-electron chi connectivity index (χ3n) is 5.63. The van der Waals surface area contributed by atoms with Gasteiger partial charge in [0.1, 0.15) is 5.75 Å². The lowest BCUT2D eigenvalue weighted by molar-refractivity contribution is 0.415. The van der Waals surface area contributed by atoms with Gasteiger partial charge >= 0.3 is 0 Å². The van der Waals surface area contributed by atoms with E-state index in [0.717, 1.165) is 40.8 Å². The summed E-state index contributed by atoms with van der Waals surface area (Å²) < 4.78 is 5.43. The molecule has 2 heterocycles. The number of hydrogen-bond donors (Lipinski definition) is 1. The molecule has 31 heavy (non-hydrogen) atoms. The zero-order valence-corrected chi connectivity index (χ0v) is 19.4. The number of H-pyrrole nitrogens is 1. The van der Waals surface area contributed by atoms with Crippen molar-refractivity contribution in [1.29, 1.82) is 0 Å². The number of aromatic amines is 1. The molecule has 4 rings (SSSR count). The summed E-state index contributed by atoms with van der Waals surface area (Å²) in [7, 11) is 1.57. The monoisotopic (exact) mass is 455 g/mol. The van der Waals surface area contributed by atoms with E-state index < -0.39 is 0 Å². The molecule has 0 spiro atoms. The molecule has 0 atom stereocenters. The van der Waals surface area contributed by atoms with Crippen molar-refractivity contribution in [2.24, 2.45) is 0 Å². The number of fused-ring (bicyclic) bond motifs is 3. The predicted octanol–water partition coefficient (Wildman–Crippen LogP) is 6.21. The Bertz CT molecular complexity index is 1340. The number of nitrogens with zero attached hydrogens (tertiary/aromatic N) is 2. The summed E-state index contributed by atoms with van der Waals surface area (Å²) in [5, 5.41) is 2.77. The maximum atomic E-state index is 13.0. The second kappa shape index (κ2) is 8.40. The van der Waals surface area contributed by atoms with Crippen LogP contribution >= 0.6 is 23.2 Å². The number of aromatic nitrogens is 2. The average molecular weight is 456 g/mol. The van der Waals surface area contributed by atoms with Crippen LogP contribution in [0.1, 0.15) is 19.4 Å². The Morgan fingerprint density at radius 2 is 1.77 bits per heavy atom. The molecular weight excluding hydrogens is 433 g/mol. The van der Waals surface area contributed by atoms with Gasteiger partial charge in [0.05, 0.1) is 34.5 Å². The number of pyridine rings is 2. The van der Waals surface area contributed by atoms with Crippen molar-refractivity contribution in [3.05, 3.63) is 62.4 Å². The number of rotatable bonds is 5. The van der Waals surface area contributed by atoms with Crippen molar-refractivity contribution in [3.8, 4) is 17.0 Å². The topological polar surface area (TPSA) is 58.2 Å². The Morgan fingerprint density at radius 3 is 2.39 bits per heavy atom. The van der Waals surface area contributed by atoms with Crippen molar-refractivity contribution in [3.63, 3.8) is 0 Å². The molecule has 0 fully saturated rings. The van der Waals surface area contributed by atoms with E-state index in [0.29, 0.717) is 32.4 Å². The van der Waals surface area contributed by atoms with Gasteiger partial charge in [-0.05, 0) is 45.0 Å². The molecule has 0 saturated carbocycles. The Hall–Kier alpha value is -2.76. The normalized spacial score (nSPS) is 11.3. The third kappa shape index (κ3) is 3.62. The Balaban J connectivity index is 2.26. The molecule has 0 aliphatic heterocycles. The predicted molar refractivity (Wildman–Crippen MR) is 130 cm³/mol. The molecule has 0 radical (unpaired) electrons. The van der Waals surface area contributed by atoms with Crippen LogP contribution in [0.25, 0.3) is 33.1 Å². The summed E-state index contributed by atoms with van der Waals surface area (Å²) in [4.78, 5) is 23.2. The van der Waals surface area contributed by atoms with Gasteiger partial charge < -0.3 is 14.6 Å². The van der Waals surface area contributed by atoms with Gasteiger partial charge in [-0.15, -0.1) is 0 Å². The summed E-state index contributed by atoms with van der Waals surface area (Å²) in [6, 6.07) is 11.2. The van der Waals surface area contributed by atoms with Crippen LogP contribution in [0.5, 0.6) is 5.75 Å². The maximum Gasteiger partial charge on any atom is 0.253 e. The van der Waals surface area contributed by atoms with Gasteiger partial charge in [-0.25, -0.2) is 4.98 Å². The van der Waals surface area contributed by atoms with Crippen molar-refractivity contribution >= 4 is 50.7 Å². The van der Waals surface area contributed by atoms with E-state index in [1.165, 1.54) is 0 Å². The lowest BCUT2D eigenvalue weighted by Gasteiger charge is -2.26. The minimum atomic E-state index is -0.127. The van der Waals surface area contributed by atoms with E-state index in [9.17, 15) is 4.79 Å². The molecule has 0 amide bonds. The molecule has 7 heteroatoms. The molecule has 1 N–H and O–H groups in total. The first-order valence-corrected chi connectivity index (χ1v) is 10.9. The minimum Gasteiger partial charge on any atom is -0.495 e. The van der Waals surface area contributed by atoms with Crippen LogP contribution in [0, 0.1) is 6.92 Å². The van der Waals surface area contributed by atoms with E-state index in [1.54, 1.807) is 13.2 Å². The zero-order chi connectivity index (χ0) is 22.3. The number of ether oxygens (including phenoxy) is 1. The summed E-state index contributed by atoms with van der Waals surface area (Å²) in [5.74, 6) is 0.530. The SMILES string of the molecule is CCN(CC)c1c(C)c(=O)[nH]c2c1c(-c1ccc(Cl)cc1)nc1cc(Cl)c(OC)cc12. The van der Waals surface area contributed by atoms with E-state index in [4.69, 9.17) is 32.9 Å². The molecule has 2 aromatic carbocycles. The third-order valence-corrected chi connectivity index (χ3v) is 6.17. The van der Waals surface area contributed by atoms with Crippen LogP contribution in [0.3, 0.4) is 0 Å². The summed E-state index contributed by atoms with van der Waals surface area (Å²) >= 11 is 12.5. The second-order valence-corrected chi connectivity index (χ2v) is 8.16. The molecule has 0 aliphatic carbocycles. The smallest absolute Gasteiger partial charge is 0.253 e. The number of methoxy groups -OCH3 is 1. The van der Waals surface area contributed by atoms with E-state index in [1.807, 2.05) is 37.3 Å². The first-order valence-electron chi connectivity index (χ1n) is 10.1. The number of benzene rings is 2. The fourth-order valence-corrected chi connectivity index (χ4v) is 4.40. The Labute approximate surface area is 190 Å². The molecule has 0 saturated heterocycles. The number of hydrogen-bond acceptors (Lipinski definition) is 4. The van der Waals surface area contributed by atoms with Gasteiger partial charge in [0.2, 0.25) is 0 Å². The molecule has 0 bridgehead atoms. The second-order valence-electron chi connectivity index (χ2n) is 7.32. The van der Waals surface area contributed by atoms with Gasteiger partial charge in [0.15, 0.2) is 0 Å². The zero-order valence-electron chi connectivity index (χ0n) is 17.8. The van der Waals surface area contributed by atoms with Gasteiger partial charge in [-0.2, -0.15) is 0 Å². The summed E-state index contributed by atoms with van der Waals surface area (Å²) in [6.45, 7) is 7.53. The molecular formula is C24H23Cl2N3O2. The van der Waals surface area contributed by atoms with Crippen molar-refractivity contribution in [2.75, 3.05) is 25.1 Å². The highest BCUT2D eigenvalue weighted by molar-refractivity contribution is 6.33. The standard InChI is InChI=1S/C24H23Cl2N3O2/c1-5-29(6-2)23-13(3)24(30)28-22-16-11-19(31-4)17(26)12-18(16)27-21(20(22)23)14-7-9-15(25)10-8-14/h7-12H,5-6H2,1-4H3,(H,28,30). The Kier molecular flexibility index (Phi) is 5.82. The van der Waals surface area contributed by atoms with Gasteiger partial charge in [-0.3, -0.25) is 4.79 Å². The van der Waals surface area contributed by atoms with E-state index in [-0.39, 0.29) is 5.56 Å². The fraction of sp³-hybridized carbons (Fsp3) is 0.250. The Morgan fingerprint density at radius 1 is 1.10 bits per heavy atom. The highest BCUT2D eigenvalue weighted by atomic mass is 35.5. The first kappa shape index (κ1) is 21.5. The molecule has 0 aliphatic rings. The fourth-order valence-electron chi connectivity index (χ4n) is 4.04. The van der Waals surface area contributed by atoms with Crippen LogP contribution in [0.4, 0.5) is 5.69 Å². The van der Waals surface area contributed by atoms with Crippen molar-refractivity contribution < 1.29 is 4.74 Å². The lowest BCUT2D eigenvalue weighted by atomic mass is 9.99. The molecule has 160 valence electrons. The molecule has 2 aromatic heterocycles. The van der Waals surface area contributed by atoms with Crippen molar-refractivity contribution in [2.45, 2.75) is 20.8 Å². The number of nitrogens with one attached hydrogen (secondary N) is 1. The maximum absolute atomic E-state index is 13.0. The highest BCUT2D eigenvalue weighted by Gasteiger charge is 2.22. The largest absolute Gasteiger partial charge is 0.495 e. The lowest BCUT2D eigenvalue weighted by Crippen LogP contribution is -2.26. The molecule has 4 aromatic rings. The van der Waals surface area contributed by atoms with Crippen LogP contribution < -0.4 is 15.2 Å². The van der Waals surface area contributed by atoms with Crippen LogP contribution in [0.2, 0.25) is 10.0 Å². The molecule has 5 nitrogen and oxygen atoms in total. The summed E-state index contributed by atoms with van der Waals surface area (Å²) in [5.41, 5.74) is 4.48. The highest BCUT2D eigenvalue weighted by Crippen LogP contribution is 2.40. The minimum absolute atomic E-state index is 0.127. The number of anilines is 1. The van der Waals surface area contributed by atoms with Crippen LogP contribution in [0.15, 0.2) is 41.2 Å². The molecule has 0 unspecified atom stereocenters. The van der Waals surface area contributed by atoms with Gasteiger partial charge in [0, 0.05) is 40.0 Å². The van der Waals surface area contributed by atoms with Crippen LogP contribution in [-0.4, -0.2) is 30.2 Å². The van der Waals surface area contributed by atoms with Gasteiger partial charge in [-0.1, -0.05) is 35.3 Å². The number of halogens is 2. The van der Waals surface area contributed by atoms with Gasteiger partial charge in [0.25, 0.3) is 5.56 Å². The average Bonchev–Trinajstić information content (AvgIpc) is 2.76. The summed E-state index contributed by atoms with van der Waals surface area (Å²) in [6.07, 6.45) is 0. The van der Waals surface area contributed by atoms with Crippen LogP contribution in [-0.2, 0) is 0 Å².